The van der Waals surface area contributed by atoms with Gasteiger partial charge in [-0.05, 0) is 6.42 Å². The van der Waals surface area contributed by atoms with E-state index in [1.165, 1.54) is 0 Å². The van der Waals surface area contributed by atoms with Gasteiger partial charge in [-0.25, -0.2) is 9.97 Å². The van der Waals surface area contributed by atoms with Gasteiger partial charge in [0, 0.05) is 31.5 Å². The fourth-order valence-corrected chi connectivity index (χ4v) is 1.57. The molecule has 2 aromatic rings. The number of rotatable bonds is 5. The lowest BCUT2D eigenvalue weighted by Crippen LogP contribution is -2.19. The van der Waals surface area contributed by atoms with Gasteiger partial charge in [0.05, 0.1) is 6.33 Å². The SMILES string of the molecule is O=c1cc(C(F)(F)F)nc(NCCCn2ccnc2)[nH]1. The lowest BCUT2D eigenvalue weighted by atomic mass is 10.4. The number of aromatic nitrogens is 4. The van der Waals surface area contributed by atoms with Crippen LogP contribution in [0.1, 0.15) is 12.1 Å². The van der Waals surface area contributed by atoms with Gasteiger partial charge in [-0.2, -0.15) is 13.2 Å². The number of halogens is 3. The predicted octanol–water partition coefficient (Wildman–Crippen LogP) is 1.49. The highest BCUT2D eigenvalue weighted by Gasteiger charge is 2.33. The Hall–Kier alpha value is -2.32. The molecule has 0 radical (unpaired) electrons. The van der Waals surface area contributed by atoms with Crippen molar-refractivity contribution in [3.63, 3.8) is 0 Å². The smallest absolute Gasteiger partial charge is 0.356 e. The van der Waals surface area contributed by atoms with E-state index in [9.17, 15) is 18.0 Å². The number of aromatic amines is 1. The summed E-state index contributed by atoms with van der Waals surface area (Å²) in [7, 11) is 0. The maximum Gasteiger partial charge on any atom is 0.433 e. The number of imidazole rings is 1. The summed E-state index contributed by atoms with van der Waals surface area (Å²) in [5, 5.41) is 2.66. The molecule has 2 heterocycles. The van der Waals surface area contributed by atoms with E-state index in [4.69, 9.17) is 0 Å². The zero-order valence-electron chi connectivity index (χ0n) is 10.3. The van der Waals surface area contributed by atoms with Gasteiger partial charge in [0.15, 0.2) is 5.69 Å². The van der Waals surface area contributed by atoms with Crippen LogP contribution in [-0.2, 0) is 12.7 Å². The minimum absolute atomic E-state index is 0.185. The molecule has 6 nitrogen and oxygen atoms in total. The molecule has 0 fully saturated rings. The maximum atomic E-state index is 12.5. The van der Waals surface area contributed by atoms with Crippen molar-refractivity contribution < 1.29 is 13.2 Å². The number of aryl methyl sites for hydroxylation is 1. The van der Waals surface area contributed by atoms with Crippen LogP contribution in [0.25, 0.3) is 0 Å². The van der Waals surface area contributed by atoms with E-state index in [2.05, 4.69) is 20.3 Å². The number of nitrogens with one attached hydrogen (secondary N) is 2. The molecule has 0 unspecified atom stereocenters. The van der Waals surface area contributed by atoms with Crippen molar-refractivity contribution >= 4 is 5.95 Å². The highest BCUT2D eigenvalue weighted by atomic mass is 19.4. The second-order valence-electron chi connectivity index (χ2n) is 4.06. The highest BCUT2D eigenvalue weighted by Crippen LogP contribution is 2.26. The van der Waals surface area contributed by atoms with E-state index in [-0.39, 0.29) is 5.95 Å². The molecule has 108 valence electrons. The summed E-state index contributed by atoms with van der Waals surface area (Å²) in [6.45, 7) is 1.04. The Morgan fingerprint density at radius 1 is 1.40 bits per heavy atom. The van der Waals surface area contributed by atoms with Gasteiger partial charge < -0.3 is 9.88 Å². The second kappa shape index (κ2) is 5.76. The van der Waals surface area contributed by atoms with Gasteiger partial charge in [0.2, 0.25) is 5.95 Å². The van der Waals surface area contributed by atoms with Crippen molar-refractivity contribution in [1.29, 1.82) is 0 Å². The van der Waals surface area contributed by atoms with E-state index < -0.39 is 17.4 Å². The fraction of sp³-hybridized carbons (Fsp3) is 0.364. The van der Waals surface area contributed by atoms with Crippen LogP contribution in [0.15, 0.2) is 29.6 Å². The predicted molar refractivity (Wildman–Crippen MR) is 65.2 cm³/mol. The van der Waals surface area contributed by atoms with Crippen molar-refractivity contribution in [2.24, 2.45) is 0 Å². The molecule has 0 saturated carbocycles. The highest BCUT2D eigenvalue weighted by molar-refractivity contribution is 5.25. The van der Waals surface area contributed by atoms with Gasteiger partial charge in [0.25, 0.3) is 5.56 Å². The van der Waals surface area contributed by atoms with E-state index >= 15 is 0 Å². The van der Waals surface area contributed by atoms with Crippen LogP contribution in [-0.4, -0.2) is 26.1 Å². The van der Waals surface area contributed by atoms with Crippen molar-refractivity contribution in [3.05, 3.63) is 40.8 Å². The van der Waals surface area contributed by atoms with Gasteiger partial charge in [0.1, 0.15) is 0 Å². The summed E-state index contributed by atoms with van der Waals surface area (Å²) in [5.74, 6) is -0.185. The van der Waals surface area contributed by atoms with Crippen molar-refractivity contribution in [2.75, 3.05) is 11.9 Å². The van der Waals surface area contributed by atoms with Crippen LogP contribution >= 0.6 is 0 Å². The first-order valence-corrected chi connectivity index (χ1v) is 5.83. The maximum absolute atomic E-state index is 12.5. The molecule has 0 atom stereocenters. The lowest BCUT2D eigenvalue weighted by molar-refractivity contribution is -0.141. The summed E-state index contributed by atoms with van der Waals surface area (Å²) in [5.41, 5.74) is -2.05. The van der Waals surface area contributed by atoms with Crippen LogP contribution < -0.4 is 10.9 Å². The standard InChI is InChI=1S/C11H12F3N5O/c12-11(13,14)8-6-9(20)18-10(17-8)16-2-1-4-19-5-3-15-7-19/h3,5-7H,1-2,4H2,(H2,16,17,18,20). The van der Waals surface area contributed by atoms with Crippen molar-refractivity contribution in [1.82, 2.24) is 19.5 Å². The third kappa shape index (κ3) is 3.84. The van der Waals surface area contributed by atoms with E-state index in [1.54, 1.807) is 18.7 Å². The van der Waals surface area contributed by atoms with Crippen LogP contribution in [0.5, 0.6) is 0 Å². The molecule has 0 saturated heterocycles. The Kier molecular flexibility index (Phi) is 4.06. The average molecular weight is 287 g/mol. The number of hydrogen-bond acceptors (Lipinski definition) is 4. The topological polar surface area (TPSA) is 75.6 Å². The number of nitrogens with zero attached hydrogens (tertiary/aromatic N) is 3. The monoisotopic (exact) mass is 287 g/mol. The summed E-state index contributed by atoms with van der Waals surface area (Å²) in [6, 6.07) is 0.427. The number of hydrogen-bond donors (Lipinski definition) is 2. The quantitative estimate of drug-likeness (QED) is 0.817. The first-order chi connectivity index (χ1) is 9.45. The van der Waals surface area contributed by atoms with Gasteiger partial charge in [-0.1, -0.05) is 0 Å². The van der Waals surface area contributed by atoms with Crippen LogP contribution in [0.2, 0.25) is 0 Å². The molecular formula is C11H12F3N5O. The number of anilines is 1. The molecule has 0 aliphatic rings. The van der Waals surface area contributed by atoms with Crippen LogP contribution in [0, 0.1) is 0 Å². The van der Waals surface area contributed by atoms with Crippen LogP contribution in [0.4, 0.5) is 19.1 Å². The van der Waals surface area contributed by atoms with E-state index in [0.29, 0.717) is 25.6 Å². The summed E-state index contributed by atoms with van der Waals surface area (Å²) >= 11 is 0. The molecule has 0 aliphatic carbocycles. The second-order valence-corrected chi connectivity index (χ2v) is 4.06. The normalized spacial score (nSPS) is 11.6. The molecule has 2 aromatic heterocycles. The molecular weight excluding hydrogens is 275 g/mol. The first-order valence-electron chi connectivity index (χ1n) is 5.83. The fourth-order valence-electron chi connectivity index (χ4n) is 1.57. The van der Waals surface area contributed by atoms with E-state index in [0.717, 1.165) is 0 Å². The first kappa shape index (κ1) is 14.1. The molecule has 20 heavy (non-hydrogen) atoms. The molecule has 9 heteroatoms. The van der Waals surface area contributed by atoms with Gasteiger partial charge in [-0.3, -0.25) is 9.78 Å². The molecule has 0 aromatic carbocycles. The summed E-state index contributed by atoms with van der Waals surface area (Å²) in [6.07, 6.45) is 1.08. The van der Waals surface area contributed by atoms with Crippen molar-refractivity contribution in [3.8, 4) is 0 Å². The average Bonchev–Trinajstić information content (AvgIpc) is 2.86. The molecule has 0 aliphatic heterocycles. The summed E-state index contributed by atoms with van der Waals surface area (Å²) < 4.78 is 39.2. The third-order valence-electron chi connectivity index (χ3n) is 2.48. The Morgan fingerprint density at radius 3 is 2.85 bits per heavy atom. The van der Waals surface area contributed by atoms with E-state index in [1.807, 2.05) is 4.57 Å². The number of H-pyrrole nitrogens is 1. The largest absolute Gasteiger partial charge is 0.433 e. The molecule has 0 spiro atoms. The summed E-state index contributed by atoms with van der Waals surface area (Å²) in [4.78, 5) is 20.5. The zero-order valence-corrected chi connectivity index (χ0v) is 10.3. The Bertz CT molecular complexity index is 605. The molecule has 0 amide bonds. The Morgan fingerprint density at radius 2 is 2.20 bits per heavy atom. The van der Waals surface area contributed by atoms with Gasteiger partial charge >= 0.3 is 6.18 Å². The number of alkyl halides is 3. The minimum Gasteiger partial charge on any atom is -0.356 e. The molecule has 2 rings (SSSR count). The van der Waals surface area contributed by atoms with Crippen LogP contribution in [0.3, 0.4) is 0 Å². The Balaban J connectivity index is 1.92. The zero-order chi connectivity index (χ0) is 14.6. The van der Waals surface area contributed by atoms with Crippen molar-refractivity contribution in [2.45, 2.75) is 19.1 Å². The molecule has 2 N–H and O–H groups in total. The molecule has 0 bridgehead atoms. The lowest BCUT2D eigenvalue weighted by Gasteiger charge is -2.09. The third-order valence-corrected chi connectivity index (χ3v) is 2.48. The minimum atomic E-state index is -4.64. The van der Waals surface area contributed by atoms with Gasteiger partial charge in [-0.15, -0.1) is 0 Å². The Labute approximate surface area is 111 Å².